The molecule has 0 aliphatic rings. The summed E-state index contributed by atoms with van der Waals surface area (Å²) < 4.78 is 10.2. The molecule has 5 heteroatoms. The molecule has 0 radical (unpaired) electrons. The van der Waals surface area contributed by atoms with Crippen molar-refractivity contribution in [3.8, 4) is 11.5 Å². The van der Waals surface area contributed by atoms with Gasteiger partial charge in [0.25, 0.3) is 0 Å². The molecule has 0 aliphatic heterocycles. The lowest BCUT2D eigenvalue weighted by atomic mass is 10.2. The molecule has 2 aromatic rings. The van der Waals surface area contributed by atoms with Gasteiger partial charge < -0.3 is 9.15 Å². The fraction of sp³-hybridized carbons (Fsp3) is 0.182. The highest BCUT2D eigenvalue weighted by Gasteiger charge is 2.05. The SMILES string of the molecule is CCOC=Nc1nnc(-c2ccccc2)o1. The van der Waals surface area contributed by atoms with Gasteiger partial charge in [-0.15, -0.1) is 5.10 Å². The van der Waals surface area contributed by atoms with E-state index in [0.29, 0.717) is 12.5 Å². The Labute approximate surface area is 92.8 Å². The van der Waals surface area contributed by atoms with E-state index in [1.165, 1.54) is 6.40 Å². The van der Waals surface area contributed by atoms with Crippen LogP contribution in [0.3, 0.4) is 0 Å². The Morgan fingerprint density at radius 3 is 2.88 bits per heavy atom. The predicted molar refractivity (Wildman–Crippen MR) is 59.5 cm³/mol. The highest BCUT2D eigenvalue weighted by atomic mass is 16.5. The van der Waals surface area contributed by atoms with E-state index in [0.717, 1.165) is 5.56 Å². The van der Waals surface area contributed by atoms with Crippen LogP contribution >= 0.6 is 0 Å². The Kier molecular flexibility index (Phi) is 3.28. The molecule has 0 unspecified atom stereocenters. The first-order valence-corrected chi connectivity index (χ1v) is 4.93. The van der Waals surface area contributed by atoms with Crippen LogP contribution in [-0.4, -0.2) is 23.2 Å². The van der Waals surface area contributed by atoms with Crippen LogP contribution in [0.5, 0.6) is 0 Å². The Morgan fingerprint density at radius 1 is 1.31 bits per heavy atom. The third-order valence-electron chi connectivity index (χ3n) is 1.84. The number of nitrogens with zero attached hydrogens (tertiary/aromatic N) is 3. The van der Waals surface area contributed by atoms with Crippen molar-refractivity contribution in [2.75, 3.05) is 6.61 Å². The summed E-state index contributed by atoms with van der Waals surface area (Å²) in [6.07, 6.45) is 1.29. The first-order valence-electron chi connectivity index (χ1n) is 4.93. The van der Waals surface area contributed by atoms with Gasteiger partial charge in [-0.1, -0.05) is 23.3 Å². The average Bonchev–Trinajstić information content (AvgIpc) is 2.79. The number of hydrogen-bond acceptors (Lipinski definition) is 5. The maximum absolute atomic E-state index is 5.32. The number of rotatable bonds is 4. The van der Waals surface area contributed by atoms with E-state index in [1.807, 2.05) is 37.3 Å². The second-order valence-electron chi connectivity index (χ2n) is 2.95. The van der Waals surface area contributed by atoms with Crippen molar-refractivity contribution in [3.63, 3.8) is 0 Å². The first-order chi connectivity index (χ1) is 7.90. The standard InChI is InChI=1S/C11H11N3O2/c1-2-15-8-12-11-14-13-10(16-11)9-6-4-3-5-7-9/h3-8H,2H2,1H3. The first kappa shape index (κ1) is 10.4. The molecule has 82 valence electrons. The zero-order valence-corrected chi connectivity index (χ0v) is 8.83. The summed E-state index contributed by atoms with van der Waals surface area (Å²) in [4.78, 5) is 3.85. The summed E-state index contributed by atoms with van der Waals surface area (Å²) in [6.45, 7) is 2.43. The van der Waals surface area contributed by atoms with Crippen molar-refractivity contribution in [3.05, 3.63) is 30.3 Å². The van der Waals surface area contributed by atoms with Crippen LogP contribution in [0.2, 0.25) is 0 Å². The number of benzene rings is 1. The molecule has 0 fully saturated rings. The zero-order valence-electron chi connectivity index (χ0n) is 8.83. The van der Waals surface area contributed by atoms with Gasteiger partial charge in [-0.25, -0.2) is 0 Å². The number of hydrogen-bond donors (Lipinski definition) is 0. The minimum Gasteiger partial charge on any atom is -0.483 e. The van der Waals surface area contributed by atoms with Crippen molar-refractivity contribution in [2.45, 2.75) is 6.92 Å². The van der Waals surface area contributed by atoms with Gasteiger partial charge in [0.1, 0.15) is 0 Å². The van der Waals surface area contributed by atoms with E-state index in [-0.39, 0.29) is 6.01 Å². The van der Waals surface area contributed by atoms with Crippen LogP contribution in [0.15, 0.2) is 39.7 Å². The largest absolute Gasteiger partial charge is 0.483 e. The van der Waals surface area contributed by atoms with Crippen LogP contribution in [0.1, 0.15) is 6.92 Å². The highest BCUT2D eigenvalue weighted by molar-refractivity contribution is 5.54. The van der Waals surface area contributed by atoms with Gasteiger partial charge in [-0.2, -0.15) is 4.99 Å². The molecule has 0 aliphatic carbocycles. The Morgan fingerprint density at radius 2 is 2.12 bits per heavy atom. The summed E-state index contributed by atoms with van der Waals surface area (Å²) in [5.41, 5.74) is 0.868. The minimum absolute atomic E-state index is 0.187. The minimum atomic E-state index is 0.187. The highest BCUT2D eigenvalue weighted by Crippen LogP contribution is 2.20. The summed E-state index contributed by atoms with van der Waals surface area (Å²) in [5, 5.41) is 7.65. The van der Waals surface area contributed by atoms with Crippen LogP contribution in [-0.2, 0) is 4.74 Å². The molecule has 0 amide bonds. The topological polar surface area (TPSA) is 60.5 Å². The van der Waals surface area contributed by atoms with Crippen molar-refractivity contribution in [1.82, 2.24) is 10.2 Å². The van der Waals surface area contributed by atoms with Gasteiger partial charge in [-0.05, 0) is 19.1 Å². The molecular weight excluding hydrogens is 206 g/mol. The maximum atomic E-state index is 5.32. The van der Waals surface area contributed by atoms with Gasteiger partial charge in [0.05, 0.1) is 6.61 Å². The molecule has 0 spiro atoms. The lowest BCUT2D eigenvalue weighted by Gasteiger charge is -1.91. The van der Waals surface area contributed by atoms with E-state index in [2.05, 4.69) is 15.2 Å². The van der Waals surface area contributed by atoms with E-state index >= 15 is 0 Å². The third-order valence-corrected chi connectivity index (χ3v) is 1.84. The zero-order chi connectivity index (χ0) is 11.2. The lowest BCUT2D eigenvalue weighted by Crippen LogP contribution is -1.83. The van der Waals surface area contributed by atoms with E-state index < -0.39 is 0 Å². The number of aromatic nitrogens is 2. The molecule has 0 saturated heterocycles. The Hall–Kier alpha value is -2.17. The summed E-state index contributed by atoms with van der Waals surface area (Å²) in [5.74, 6) is 0.448. The van der Waals surface area contributed by atoms with Crippen molar-refractivity contribution in [1.29, 1.82) is 0 Å². The maximum Gasteiger partial charge on any atom is 0.345 e. The van der Waals surface area contributed by atoms with E-state index in [1.54, 1.807) is 0 Å². The molecule has 0 N–H and O–H groups in total. The van der Waals surface area contributed by atoms with Crippen molar-refractivity contribution < 1.29 is 9.15 Å². The molecule has 1 heterocycles. The Balaban J connectivity index is 2.14. The fourth-order valence-corrected chi connectivity index (χ4v) is 1.12. The van der Waals surface area contributed by atoms with Gasteiger partial charge in [0.2, 0.25) is 5.89 Å². The fourth-order valence-electron chi connectivity index (χ4n) is 1.12. The molecule has 0 atom stereocenters. The molecular formula is C11H11N3O2. The van der Waals surface area contributed by atoms with Gasteiger partial charge in [0, 0.05) is 5.56 Å². The van der Waals surface area contributed by atoms with Gasteiger partial charge >= 0.3 is 6.01 Å². The molecule has 1 aromatic carbocycles. The van der Waals surface area contributed by atoms with E-state index in [9.17, 15) is 0 Å². The normalized spacial score (nSPS) is 10.8. The van der Waals surface area contributed by atoms with Crippen molar-refractivity contribution >= 4 is 12.4 Å². The average molecular weight is 217 g/mol. The molecule has 0 saturated carbocycles. The second kappa shape index (κ2) is 5.06. The van der Waals surface area contributed by atoms with Crippen molar-refractivity contribution in [2.24, 2.45) is 4.99 Å². The quantitative estimate of drug-likeness (QED) is 0.583. The van der Waals surface area contributed by atoms with Gasteiger partial charge in [0.15, 0.2) is 6.40 Å². The van der Waals surface area contributed by atoms with Gasteiger partial charge in [-0.3, -0.25) is 0 Å². The number of aliphatic imine (C=N–C) groups is 1. The predicted octanol–water partition coefficient (Wildman–Crippen LogP) is 2.43. The van der Waals surface area contributed by atoms with E-state index in [4.69, 9.17) is 9.15 Å². The lowest BCUT2D eigenvalue weighted by molar-refractivity contribution is 0.343. The van der Waals surface area contributed by atoms with Crippen LogP contribution < -0.4 is 0 Å². The summed E-state index contributed by atoms with van der Waals surface area (Å²) in [7, 11) is 0. The molecule has 2 rings (SSSR count). The van der Waals surface area contributed by atoms with Crippen LogP contribution in [0.4, 0.5) is 6.01 Å². The smallest absolute Gasteiger partial charge is 0.345 e. The summed E-state index contributed by atoms with van der Waals surface area (Å²) in [6, 6.07) is 9.71. The second-order valence-corrected chi connectivity index (χ2v) is 2.95. The monoisotopic (exact) mass is 217 g/mol. The number of ether oxygens (including phenoxy) is 1. The third kappa shape index (κ3) is 2.44. The molecule has 5 nitrogen and oxygen atoms in total. The molecule has 1 aromatic heterocycles. The van der Waals surface area contributed by atoms with Crippen LogP contribution in [0, 0.1) is 0 Å². The van der Waals surface area contributed by atoms with Crippen LogP contribution in [0.25, 0.3) is 11.5 Å². The molecule has 0 bridgehead atoms. The molecule has 16 heavy (non-hydrogen) atoms. The summed E-state index contributed by atoms with van der Waals surface area (Å²) >= 11 is 0. The Bertz CT molecular complexity index is 465.